The lowest BCUT2D eigenvalue weighted by Gasteiger charge is -2.34. The lowest BCUT2D eigenvalue weighted by atomic mass is 9.92. The Bertz CT molecular complexity index is 1400. The van der Waals surface area contributed by atoms with Crippen LogP contribution in [0.2, 0.25) is 0 Å². The summed E-state index contributed by atoms with van der Waals surface area (Å²) in [6, 6.07) is 11.8. The van der Waals surface area contributed by atoms with Crippen molar-refractivity contribution >= 4 is 23.3 Å². The van der Waals surface area contributed by atoms with Crippen LogP contribution in [-0.2, 0) is 25.5 Å². The number of carbonyl (C=O) groups is 1. The van der Waals surface area contributed by atoms with Crippen LogP contribution in [0.1, 0.15) is 23.9 Å². The second-order valence-corrected chi connectivity index (χ2v) is 9.98. The highest BCUT2D eigenvalue weighted by atomic mass is 32.1. The van der Waals surface area contributed by atoms with E-state index < -0.39 is 17.7 Å². The minimum absolute atomic E-state index is 0.0832. The summed E-state index contributed by atoms with van der Waals surface area (Å²) in [4.78, 5) is 30.6. The van der Waals surface area contributed by atoms with Gasteiger partial charge in [-0.25, -0.2) is 19.3 Å². The lowest BCUT2D eigenvalue weighted by molar-refractivity contribution is -0.238. The summed E-state index contributed by atoms with van der Waals surface area (Å²) in [5.74, 6) is 0.0740. The minimum atomic E-state index is -0.954. The van der Waals surface area contributed by atoms with E-state index in [1.807, 2.05) is 17.5 Å². The van der Waals surface area contributed by atoms with Crippen molar-refractivity contribution in [2.24, 2.45) is 5.41 Å². The fourth-order valence-corrected chi connectivity index (χ4v) is 4.51. The zero-order valence-electron chi connectivity index (χ0n) is 20.6. The largest absolute Gasteiger partial charge is 0.461 e. The van der Waals surface area contributed by atoms with Crippen LogP contribution in [0.15, 0.2) is 66.7 Å². The Morgan fingerprint density at radius 2 is 2.05 bits per heavy atom. The number of halogens is 1. The van der Waals surface area contributed by atoms with Crippen LogP contribution in [-0.4, -0.2) is 45.7 Å². The molecule has 0 unspecified atom stereocenters. The summed E-state index contributed by atoms with van der Waals surface area (Å²) in [7, 11) is 0. The van der Waals surface area contributed by atoms with Crippen LogP contribution in [0.3, 0.4) is 0 Å². The number of imidazole rings is 1. The van der Waals surface area contributed by atoms with Gasteiger partial charge < -0.3 is 24.5 Å². The van der Waals surface area contributed by atoms with Crippen molar-refractivity contribution in [2.75, 3.05) is 25.1 Å². The molecular formula is C27H26FN5O4S. The summed E-state index contributed by atoms with van der Waals surface area (Å²) in [6.07, 6.45) is 2.32. The van der Waals surface area contributed by atoms with Crippen molar-refractivity contribution in [3.05, 3.63) is 83.2 Å². The molecule has 1 aliphatic rings. The Balaban J connectivity index is 1.41. The molecule has 9 nitrogen and oxygen atoms in total. The number of nitrogens with zero attached hydrogens (tertiary/aromatic N) is 3. The zero-order valence-corrected chi connectivity index (χ0v) is 21.5. The van der Waals surface area contributed by atoms with E-state index in [0.29, 0.717) is 41.0 Å². The molecule has 0 radical (unpaired) electrons. The average Bonchev–Trinajstić information content (AvgIpc) is 3.62. The highest BCUT2D eigenvalue weighted by Gasteiger charge is 2.42. The average molecular weight is 536 g/mol. The molecule has 2 N–H and O–H groups in total. The Kier molecular flexibility index (Phi) is 7.59. The van der Waals surface area contributed by atoms with Gasteiger partial charge >= 0.3 is 5.97 Å². The summed E-state index contributed by atoms with van der Waals surface area (Å²) >= 11 is 1.64. The van der Waals surface area contributed by atoms with Crippen molar-refractivity contribution < 1.29 is 23.4 Å². The predicted octanol–water partition coefficient (Wildman–Crippen LogP) is 5.13. The summed E-state index contributed by atoms with van der Waals surface area (Å²) in [5, 5.41) is 5.24. The topological polar surface area (TPSA) is 111 Å². The van der Waals surface area contributed by atoms with Gasteiger partial charge in [-0.3, -0.25) is 4.79 Å². The number of benzene rings is 1. The number of thiophene rings is 1. The SMILES string of the molecule is C=CCOC(=O)C1(C)COC(c2nc(-c3ccc(F)cc3)c(-c3ccnc(NCc4cccs4)n3)[nH]2)OC1. The van der Waals surface area contributed by atoms with Gasteiger partial charge in [-0.2, -0.15) is 0 Å². The van der Waals surface area contributed by atoms with E-state index in [4.69, 9.17) is 19.2 Å². The second-order valence-electron chi connectivity index (χ2n) is 8.95. The standard InChI is InChI=1S/C27H26FN5O4S/c1-3-12-35-25(34)27(2)15-36-24(37-16-27)23-32-21(17-6-8-18(28)9-7-17)22(33-23)20-10-11-29-26(31-20)30-14-19-5-4-13-38-19/h3-11,13,24H,1,12,14-16H2,2H3,(H,32,33)(H,29,30,31). The van der Waals surface area contributed by atoms with Gasteiger partial charge in [0.15, 0.2) is 5.82 Å². The maximum Gasteiger partial charge on any atom is 0.316 e. The summed E-state index contributed by atoms with van der Waals surface area (Å²) < 4.78 is 30.6. The molecule has 5 rings (SSSR count). The van der Waals surface area contributed by atoms with Gasteiger partial charge in [-0.15, -0.1) is 11.3 Å². The molecule has 11 heteroatoms. The van der Waals surface area contributed by atoms with E-state index in [1.54, 1.807) is 42.7 Å². The van der Waals surface area contributed by atoms with Crippen LogP contribution in [0.4, 0.5) is 10.3 Å². The minimum Gasteiger partial charge on any atom is -0.461 e. The zero-order chi connectivity index (χ0) is 26.5. The number of carbonyl (C=O) groups excluding carboxylic acids is 1. The molecule has 0 saturated carbocycles. The van der Waals surface area contributed by atoms with E-state index in [1.165, 1.54) is 18.2 Å². The number of nitrogens with one attached hydrogen (secondary N) is 2. The van der Waals surface area contributed by atoms with Crippen molar-refractivity contribution in [2.45, 2.75) is 19.8 Å². The van der Waals surface area contributed by atoms with Crippen molar-refractivity contribution in [1.82, 2.24) is 19.9 Å². The van der Waals surface area contributed by atoms with Gasteiger partial charge in [0.2, 0.25) is 12.2 Å². The van der Waals surface area contributed by atoms with Crippen LogP contribution >= 0.6 is 11.3 Å². The van der Waals surface area contributed by atoms with Crippen molar-refractivity contribution in [3.8, 4) is 22.6 Å². The molecular weight excluding hydrogens is 509 g/mol. The van der Waals surface area contributed by atoms with E-state index in [9.17, 15) is 9.18 Å². The first-order valence-electron chi connectivity index (χ1n) is 11.9. The van der Waals surface area contributed by atoms with Gasteiger partial charge in [-0.05, 0) is 48.7 Å². The Morgan fingerprint density at radius 1 is 1.26 bits per heavy atom. The first-order chi connectivity index (χ1) is 18.4. The van der Waals surface area contributed by atoms with E-state index >= 15 is 0 Å². The molecule has 0 spiro atoms. The normalized spacial score (nSPS) is 19.2. The molecule has 0 bridgehead atoms. The quantitative estimate of drug-likeness (QED) is 0.224. The molecule has 0 aliphatic carbocycles. The smallest absolute Gasteiger partial charge is 0.316 e. The molecule has 4 heterocycles. The maximum absolute atomic E-state index is 13.7. The Morgan fingerprint density at radius 3 is 2.76 bits per heavy atom. The Labute approximate surface area is 222 Å². The van der Waals surface area contributed by atoms with Gasteiger partial charge in [0.05, 0.1) is 36.8 Å². The van der Waals surface area contributed by atoms with E-state index in [-0.39, 0.29) is 25.6 Å². The fraction of sp³-hybridized carbons (Fsp3) is 0.259. The summed E-state index contributed by atoms with van der Waals surface area (Å²) in [6.45, 7) is 6.16. The first-order valence-corrected chi connectivity index (χ1v) is 12.8. The maximum atomic E-state index is 13.7. The molecule has 1 fully saturated rings. The molecule has 38 heavy (non-hydrogen) atoms. The number of hydrogen-bond donors (Lipinski definition) is 2. The molecule has 1 aromatic carbocycles. The van der Waals surface area contributed by atoms with E-state index in [0.717, 1.165) is 4.88 Å². The van der Waals surface area contributed by atoms with Crippen molar-refractivity contribution in [3.63, 3.8) is 0 Å². The highest BCUT2D eigenvalue weighted by molar-refractivity contribution is 7.09. The predicted molar refractivity (Wildman–Crippen MR) is 141 cm³/mol. The molecule has 0 atom stereocenters. The second kappa shape index (κ2) is 11.2. The van der Waals surface area contributed by atoms with Gasteiger partial charge in [0.25, 0.3) is 0 Å². The van der Waals surface area contributed by atoms with Gasteiger partial charge in [-0.1, -0.05) is 18.7 Å². The molecule has 0 amide bonds. The first kappa shape index (κ1) is 25.7. The third-order valence-corrected chi connectivity index (χ3v) is 6.78. The number of esters is 1. The highest BCUT2D eigenvalue weighted by Crippen LogP contribution is 2.36. The van der Waals surface area contributed by atoms with Gasteiger partial charge in [0.1, 0.15) is 17.8 Å². The molecule has 196 valence electrons. The third kappa shape index (κ3) is 5.64. The summed E-state index contributed by atoms with van der Waals surface area (Å²) in [5.41, 5.74) is 1.46. The van der Waals surface area contributed by atoms with Gasteiger partial charge in [0, 0.05) is 16.6 Å². The number of aromatic nitrogens is 4. The van der Waals surface area contributed by atoms with Crippen LogP contribution in [0, 0.1) is 11.2 Å². The molecule has 3 aromatic heterocycles. The van der Waals surface area contributed by atoms with Crippen LogP contribution < -0.4 is 5.32 Å². The number of aromatic amines is 1. The number of ether oxygens (including phenoxy) is 3. The lowest BCUT2D eigenvalue weighted by Crippen LogP contribution is -2.43. The van der Waals surface area contributed by atoms with Crippen molar-refractivity contribution in [1.29, 1.82) is 0 Å². The van der Waals surface area contributed by atoms with E-state index in [2.05, 4.69) is 26.8 Å². The molecule has 1 aliphatic heterocycles. The number of anilines is 1. The molecule has 4 aromatic rings. The third-order valence-electron chi connectivity index (χ3n) is 5.91. The van der Waals surface area contributed by atoms with Crippen LogP contribution in [0.25, 0.3) is 22.6 Å². The number of H-pyrrole nitrogens is 1. The molecule has 1 saturated heterocycles. The number of hydrogen-bond acceptors (Lipinski definition) is 9. The fourth-order valence-electron chi connectivity index (χ4n) is 3.86. The van der Waals surface area contributed by atoms with Crippen LogP contribution in [0.5, 0.6) is 0 Å². The monoisotopic (exact) mass is 535 g/mol. The number of rotatable bonds is 9. The Hall–Kier alpha value is -3.93.